The monoisotopic (exact) mass is 636 g/mol. The van der Waals surface area contributed by atoms with E-state index in [0.29, 0.717) is 0 Å². The minimum absolute atomic E-state index is 0. The van der Waals surface area contributed by atoms with Crippen molar-refractivity contribution in [2.45, 2.75) is 0 Å². The van der Waals surface area contributed by atoms with Crippen LogP contribution in [0.1, 0.15) is 0 Å². The maximum Gasteiger partial charge on any atom is 3.00 e. The molecule has 0 spiro atoms. The van der Waals surface area contributed by atoms with E-state index in [4.69, 9.17) is 105 Å². The SMILES string of the molecule is O=S(=O)(O)O.O=S(=O)(O)O.O=S(=O)(O)O.O=S(=O)([O-])[O-].O=S(=O)([O-])[O-].O=S(=O)([O-])[O-].[Al+3].[Al+3]. The largest absolute Gasteiger partial charge is 3.00 e. The molecule has 0 saturated heterocycles. The van der Waals surface area contributed by atoms with Crippen molar-refractivity contribution in [3.8, 4) is 0 Å². The summed E-state index contributed by atoms with van der Waals surface area (Å²) in [6.45, 7) is 0. The summed E-state index contributed by atoms with van der Waals surface area (Å²) < 4.78 is 197. The second-order valence-corrected chi connectivity index (χ2v) is 7.70. The molecule has 6 N–H and O–H groups in total. The van der Waals surface area contributed by atoms with Gasteiger partial charge in [-0.25, -0.2) is 0 Å². The summed E-state index contributed by atoms with van der Waals surface area (Å²) in [4.78, 5) is 0. The van der Waals surface area contributed by atoms with E-state index in [1.165, 1.54) is 0 Å². The fourth-order valence-corrected chi connectivity index (χ4v) is 0. The average molecular weight is 636 g/mol. The van der Waals surface area contributed by atoms with Gasteiger partial charge in [0.1, 0.15) is 0 Å². The van der Waals surface area contributed by atoms with Crippen molar-refractivity contribution in [2.24, 2.45) is 0 Å². The van der Waals surface area contributed by atoms with Crippen LogP contribution in [0.15, 0.2) is 0 Å². The fourth-order valence-electron chi connectivity index (χ4n) is 0. The van der Waals surface area contributed by atoms with Gasteiger partial charge in [0, 0.05) is 31.2 Å². The molecule has 0 rings (SSSR count). The maximum atomic E-state index is 8.74. The first kappa shape index (κ1) is 53.6. The third-order valence-corrected chi connectivity index (χ3v) is 0. The molecule has 0 fully saturated rings. The van der Waals surface area contributed by atoms with Crippen LogP contribution >= 0.6 is 0 Å². The van der Waals surface area contributed by atoms with Crippen LogP contribution in [-0.2, 0) is 62.4 Å². The van der Waals surface area contributed by atoms with Crippen LogP contribution in [0.3, 0.4) is 0 Å². The molecule has 0 heterocycles. The molecule has 0 bridgehead atoms. The van der Waals surface area contributed by atoms with Gasteiger partial charge in [0.15, 0.2) is 0 Å². The number of hydrogen-bond donors (Lipinski definition) is 6. The summed E-state index contributed by atoms with van der Waals surface area (Å²) in [6, 6.07) is 0. The Balaban J connectivity index is -0.0000000356. The van der Waals surface area contributed by atoms with Crippen LogP contribution in [0.5, 0.6) is 0 Å². The number of rotatable bonds is 0. The first-order chi connectivity index (χ1) is 12.0. The summed E-state index contributed by atoms with van der Waals surface area (Å²) >= 11 is 0. The van der Waals surface area contributed by atoms with E-state index < -0.39 is 62.4 Å². The topological polar surface area (TPSA) is 465 Å². The zero-order chi connectivity index (χ0) is 27.0. The molecule has 32 heteroatoms. The van der Waals surface area contributed by atoms with Crippen molar-refractivity contribution < 1.29 is 105 Å². The third kappa shape index (κ3) is 320000. The Hall–Kier alpha value is 0.285. The summed E-state index contributed by atoms with van der Waals surface area (Å²) in [5.74, 6) is 0. The van der Waals surface area contributed by atoms with Crippen LogP contribution in [0, 0.1) is 0 Å². The molecule has 24 nitrogen and oxygen atoms in total. The van der Waals surface area contributed by atoms with Gasteiger partial charge >= 0.3 is 65.9 Å². The van der Waals surface area contributed by atoms with Crippen molar-refractivity contribution in [1.29, 1.82) is 0 Å². The molecule has 192 valence electrons. The van der Waals surface area contributed by atoms with Crippen molar-refractivity contribution >= 4 is 97.1 Å². The Morgan fingerprint density at radius 2 is 0.312 bits per heavy atom. The van der Waals surface area contributed by atoms with Gasteiger partial charge in [-0.05, 0) is 0 Å². The standard InChI is InChI=1S/2Al.6H2O4S/c;;6*1-5(2,3)4/h;;6*(H2,1,2,3,4)/q2*+3;;;;;;/p-6. The van der Waals surface area contributed by atoms with Crippen molar-refractivity contribution in [3.63, 3.8) is 0 Å². The summed E-state index contributed by atoms with van der Waals surface area (Å²) in [6.07, 6.45) is 0. The van der Waals surface area contributed by atoms with E-state index in [9.17, 15) is 0 Å². The van der Waals surface area contributed by atoms with Crippen molar-refractivity contribution in [1.82, 2.24) is 0 Å². The molecule has 0 atom stereocenters. The molecule has 0 aromatic carbocycles. The minimum Gasteiger partial charge on any atom is -0.759 e. The van der Waals surface area contributed by atoms with Gasteiger partial charge < -0.3 is 27.3 Å². The van der Waals surface area contributed by atoms with Crippen molar-refractivity contribution in [2.75, 3.05) is 0 Å². The van der Waals surface area contributed by atoms with Gasteiger partial charge in [-0.15, -0.1) is 0 Å². The molecule has 0 aliphatic heterocycles. The van der Waals surface area contributed by atoms with Gasteiger partial charge in [-0.2, -0.15) is 25.3 Å². The zero-order valence-electron chi connectivity index (χ0n) is 13.6. The van der Waals surface area contributed by atoms with Gasteiger partial charge in [0.05, 0.1) is 0 Å². The zero-order valence-corrected chi connectivity index (χ0v) is 20.8. The quantitative estimate of drug-likeness (QED) is 0.0817. The average Bonchev–Trinajstić information content (AvgIpc) is 1.94. The summed E-state index contributed by atoms with van der Waals surface area (Å²) in [5, 5.41) is 0. The van der Waals surface area contributed by atoms with E-state index in [2.05, 4.69) is 0 Å². The first-order valence-corrected chi connectivity index (χ1v) is 12.3. The Bertz CT molecular complexity index is 764. The Kier molecular flexibility index (Phi) is 36.5. The van der Waals surface area contributed by atoms with Gasteiger partial charge in [0.2, 0.25) is 0 Å². The Morgan fingerprint density at radius 3 is 0.312 bits per heavy atom. The van der Waals surface area contributed by atoms with Crippen LogP contribution in [0.4, 0.5) is 0 Å². The van der Waals surface area contributed by atoms with E-state index in [1.54, 1.807) is 0 Å². The number of hydrogen-bond acceptors (Lipinski definition) is 18. The second kappa shape index (κ2) is 21.8. The maximum absolute atomic E-state index is 8.74. The molecular formula is H6Al2O24S6. The van der Waals surface area contributed by atoms with Crippen LogP contribution in [0.25, 0.3) is 0 Å². The molecule has 0 amide bonds. The van der Waals surface area contributed by atoms with E-state index in [0.717, 1.165) is 0 Å². The minimum atomic E-state index is -5.17. The first-order valence-electron chi connectivity index (χ1n) is 4.10. The van der Waals surface area contributed by atoms with E-state index in [1.807, 2.05) is 0 Å². The van der Waals surface area contributed by atoms with Gasteiger partial charge in [0.25, 0.3) is 0 Å². The van der Waals surface area contributed by atoms with Crippen LogP contribution in [0.2, 0.25) is 0 Å². The predicted octanol–water partition coefficient (Wildman–Crippen LogP) is -6.73. The molecule has 0 saturated carbocycles. The smallest absolute Gasteiger partial charge is 0.759 e. The van der Waals surface area contributed by atoms with Gasteiger partial charge in [-0.3, -0.25) is 52.6 Å². The predicted molar refractivity (Wildman–Crippen MR) is 85.5 cm³/mol. The molecule has 0 aromatic rings. The third-order valence-electron chi connectivity index (χ3n) is 0. The molecule has 32 heavy (non-hydrogen) atoms. The second-order valence-electron chi connectivity index (χ2n) is 2.57. The van der Waals surface area contributed by atoms with Crippen molar-refractivity contribution in [3.05, 3.63) is 0 Å². The molecule has 0 aromatic heterocycles. The Morgan fingerprint density at radius 1 is 0.312 bits per heavy atom. The van der Waals surface area contributed by atoms with Crippen LogP contribution < -0.4 is 0 Å². The normalized spacial score (nSPS) is 10.9. The van der Waals surface area contributed by atoms with E-state index in [-0.39, 0.29) is 34.7 Å². The van der Waals surface area contributed by atoms with E-state index >= 15 is 0 Å². The summed E-state index contributed by atoms with van der Waals surface area (Å²) in [5.41, 5.74) is 0. The summed E-state index contributed by atoms with van der Waals surface area (Å²) in [7, 11) is -29.5. The van der Waals surface area contributed by atoms with Crippen LogP contribution in [-0.4, -0.2) is 140 Å². The Labute approximate surface area is 201 Å². The molecule has 0 radical (unpaired) electrons. The van der Waals surface area contributed by atoms with Gasteiger partial charge in [-0.1, -0.05) is 0 Å². The molecule has 0 aliphatic rings. The molecular weight excluding hydrogens is 630 g/mol. The molecule has 0 aliphatic carbocycles. The molecule has 0 unspecified atom stereocenters. The fraction of sp³-hybridized carbons (Fsp3) is 0.